The van der Waals surface area contributed by atoms with E-state index in [1.807, 2.05) is 29.3 Å². The van der Waals surface area contributed by atoms with Crippen LogP contribution in [0.25, 0.3) is 10.9 Å². The Morgan fingerprint density at radius 2 is 1.96 bits per heavy atom. The van der Waals surface area contributed by atoms with Crippen LogP contribution >= 0.6 is 11.8 Å². The van der Waals surface area contributed by atoms with Crippen LogP contribution in [0.3, 0.4) is 0 Å². The molecule has 1 N–H and O–H groups in total. The van der Waals surface area contributed by atoms with Crippen LogP contribution in [0.4, 0.5) is 4.39 Å². The number of rotatable bonds is 2. The Balaban J connectivity index is 1.26. The van der Waals surface area contributed by atoms with E-state index < -0.39 is 0 Å². The molecular formula is C22H21FN2OS. The maximum absolute atomic E-state index is 13.4. The largest absolute Gasteiger partial charge is 0.361 e. The van der Waals surface area contributed by atoms with Gasteiger partial charge >= 0.3 is 0 Å². The zero-order valence-corrected chi connectivity index (χ0v) is 15.8. The molecule has 2 aromatic carbocycles. The first kappa shape index (κ1) is 16.9. The molecule has 1 amide bonds. The van der Waals surface area contributed by atoms with Crippen LogP contribution in [0, 0.1) is 5.82 Å². The number of aromatic amines is 1. The maximum atomic E-state index is 13.4. The Morgan fingerprint density at radius 3 is 2.78 bits per heavy atom. The number of thioether (sulfide) groups is 1. The summed E-state index contributed by atoms with van der Waals surface area (Å²) in [6.07, 6.45) is 4.77. The third-order valence-corrected chi connectivity index (χ3v) is 7.15. The highest BCUT2D eigenvalue weighted by atomic mass is 32.2. The number of benzene rings is 2. The Hall–Kier alpha value is -2.27. The van der Waals surface area contributed by atoms with Gasteiger partial charge < -0.3 is 9.88 Å². The Labute approximate surface area is 161 Å². The lowest BCUT2D eigenvalue weighted by atomic mass is 9.89. The van der Waals surface area contributed by atoms with Crippen molar-refractivity contribution >= 4 is 28.6 Å². The number of hydrogen-bond acceptors (Lipinski definition) is 2. The number of likely N-dealkylation sites (tertiary alicyclic amines) is 1. The number of carbonyl (C=O) groups is 1. The number of nitrogens with zero attached hydrogens (tertiary/aromatic N) is 1. The van der Waals surface area contributed by atoms with E-state index in [2.05, 4.69) is 17.1 Å². The van der Waals surface area contributed by atoms with Crippen molar-refractivity contribution < 1.29 is 9.18 Å². The second-order valence-corrected chi connectivity index (χ2v) is 8.70. The molecule has 5 rings (SSSR count). The number of carbonyl (C=O) groups excluding carboxylic acids is 1. The molecule has 3 nitrogen and oxygen atoms in total. The van der Waals surface area contributed by atoms with Crippen molar-refractivity contribution in [1.82, 2.24) is 9.88 Å². The summed E-state index contributed by atoms with van der Waals surface area (Å²) in [6, 6.07) is 13.3. The Bertz CT molecular complexity index is 981. The van der Waals surface area contributed by atoms with Crippen molar-refractivity contribution in [1.29, 1.82) is 0 Å². The van der Waals surface area contributed by atoms with E-state index in [0.29, 0.717) is 5.92 Å². The van der Waals surface area contributed by atoms with Gasteiger partial charge in [-0.1, -0.05) is 18.2 Å². The summed E-state index contributed by atoms with van der Waals surface area (Å²) in [5, 5.41) is 1.12. The average Bonchev–Trinajstić information content (AvgIpc) is 3.31. The monoisotopic (exact) mass is 380 g/mol. The van der Waals surface area contributed by atoms with Crippen LogP contribution in [0.1, 0.15) is 29.9 Å². The second-order valence-electron chi connectivity index (χ2n) is 7.45. The first-order valence-corrected chi connectivity index (χ1v) is 10.4. The first-order valence-electron chi connectivity index (χ1n) is 9.49. The van der Waals surface area contributed by atoms with E-state index in [9.17, 15) is 9.18 Å². The molecule has 0 radical (unpaired) electrons. The van der Waals surface area contributed by atoms with Gasteiger partial charge in [-0.15, -0.1) is 11.8 Å². The molecule has 0 spiro atoms. The number of nitrogens with one attached hydrogen (secondary N) is 1. The highest BCUT2D eigenvalue weighted by Crippen LogP contribution is 2.39. The molecule has 3 aromatic rings. The minimum Gasteiger partial charge on any atom is -0.361 e. The predicted octanol–water partition coefficient (Wildman–Crippen LogP) is 4.73. The van der Waals surface area contributed by atoms with Gasteiger partial charge in [0.2, 0.25) is 5.91 Å². The summed E-state index contributed by atoms with van der Waals surface area (Å²) in [6.45, 7) is 1.59. The predicted molar refractivity (Wildman–Crippen MR) is 107 cm³/mol. The molecule has 0 bridgehead atoms. The summed E-state index contributed by atoms with van der Waals surface area (Å²) in [5.74, 6) is 0.476. The Kier molecular flexibility index (Phi) is 4.20. The second kappa shape index (κ2) is 6.71. The summed E-state index contributed by atoms with van der Waals surface area (Å²) in [4.78, 5) is 19.4. The van der Waals surface area contributed by atoms with Gasteiger partial charge in [-0.2, -0.15) is 0 Å². The summed E-state index contributed by atoms with van der Waals surface area (Å²) in [5.41, 5.74) is 3.39. The van der Waals surface area contributed by atoms with Crippen LogP contribution in [-0.4, -0.2) is 34.1 Å². The molecule has 138 valence electrons. The van der Waals surface area contributed by atoms with Gasteiger partial charge in [0.25, 0.3) is 0 Å². The quantitative estimate of drug-likeness (QED) is 0.698. The molecule has 5 heteroatoms. The number of amides is 1. The minimum atomic E-state index is -0.216. The standard InChI is InChI=1S/C22H21FN2OS/c23-16-5-6-17-18(13-24-19(17)12-16)14-7-9-25(10-8-14)22(26)21-11-15-3-1-2-4-20(15)27-21/h1-6,12-14,21,24H,7-11H2. The third kappa shape index (κ3) is 3.04. The molecule has 1 fully saturated rings. The summed E-state index contributed by atoms with van der Waals surface area (Å²) < 4.78 is 13.4. The highest BCUT2D eigenvalue weighted by Gasteiger charge is 2.33. The van der Waals surface area contributed by atoms with E-state index in [1.54, 1.807) is 17.8 Å². The topological polar surface area (TPSA) is 36.1 Å². The lowest BCUT2D eigenvalue weighted by Gasteiger charge is -2.33. The highest BCUT2D eigenvalue weighted by molar-refractivity contribution is 8.01. The van der Waals surface area contributed by atoms with Crippen LogP contribution < -0.4 is 0 Å². The summed E-state index contributed by atoms with van der Waals surface area (Å²) >= 11 is 1.71. The average molecular weight is 380 g/mol. The molecule has 2 aliphatic heterocycles. The van der Waals surface area contributed by atoms with Crippen molar-refractivity contribution in [3.8, 4) is 0 Å². The molecule has 2 aliphatic rings. The van der Waals surface area contributed by atoms with Crippen LogP contribution in [0.15, 0.2) is 53.6 Å². The lowest BCUT2D eigenvalue weighted by Crippen LogP contribution is -2.42. The molecule has 1 aromatic heterocycles. The fraction of sp³-hybridized carbons (Fsp3) is 0.318. The maximum Gasteiger partial charge on any atom is 0.236 e. The van der Waals surface area contributed by atoms with Gasteiger partial charge in [0.15, 0.2) is 0 Å². The van der Waals surface area contributed by atoms with E-state index in [0.717, 1.165) is 43.3 Å². The molecule has 0 saturated carbocycles. The minimum absolute atomic E-state index is 0.0232. The SMILES string of the molecule is O=C(C1Cc2ccccc2S1)N1CCC(c2c[nH]c3cc(F)ccc23)CC1. The molecule has 0 aliphatic carbocycles. The number of hydrogen-bond donors (Lipinski definition) is 1. The van der Waals surface area contributed by atoms with Gasteiger partial charge in [-0.3, -0.25) is 4.79 Å². The molecule has 27 heavy (non-hydrogen) atoms. The van der Waals surface area contributed by atoms with Gasteiger partial charge in [-0.05, 0) is 60.6 Å². The number of aromatic nitrogens is 1. The molecule has 1 atom stereocenters. The lowest BCUT2D eigenvalue weighted by molar-refractivity contribution is -0.131. The zero-order chi connectivity index (χ0) is 18.4. The van der Waals surface area contributed by atoms with Crippen molar-refractivity contribution in [2.75, 3.05) is 13.1 Å². The van der Waals surface area contributed by atoms with Crippen molar-refractivity contribution in [2.45, 2.75) is 35.3 Å². The number of halogens is 1. The molecular weight excluding hydrogens is 359 g/mol. The summed E-state index contributed by atoms with van der Waals surface area (Å²) in [7, 11) is 0. The van der Waals surface area contributed by atoms with E-state index >= 15 is 0 Å². The van der Waals surface area contributed by atoms with Gasteiger partial charge in [0.05, 0.1) is 5.25 Å². The van der Waals surface area contributed by atoms with Crippen LogP contribution in [0.2, 0.25) is 0 Å². The third-order valence-electron chi connectivity index (χ3n) is 5.84. The number of fused-ring (bicyclic) bond motifs is 2. The van der Waals surface area contributed by atoms with E-state index in [1.165, 1.54) is 22.1 Å². The fourth-order valence-electron chi connectivity index (χ4n) is 4.39. The number of piperidine rings is 1. The Morgan fingerprint density at radius 1 is 1.15 bits per heavy atom. The van der Waals surface area contributed by atoms with Gasteiger partial charge in [0, 0.05) is 35.1 Å². The molecule has 3 heterocycles. The number of H-pyrrole nitrogens is 1. The van der Waals surface area contributed by atoms with Crippen molar-refractivity contribution in [2.24, 2.45) is 0 Å². The smallest absolute Gasteiger partial charge is 0.236 e. The normalized spacial score (nSPS) is 20.2. The van der Waals surface area contributed by atoms with E-state index in [4.69, 9.17) is 0 Å². The van der Waals surface area contributed by atoms with Crippen molar-refractivity contribution in [3.05, 3.63) is 65.6 Å². The first-order chi connectivity index (χ1) is 13.2. The molecule has 1 saturated heterocycles. The van der Waals surface area contributed by atoms with Crippen molar-refractivity contribution in [3.63, 3.8) is 0 Å². The van der Waals surface area contributed by atoms with Gasteiger partial charge in [-0.25, -0.2) is 4.39 Å². The van der Waals surface area contributed by atoms with Gasteiger partial charge in [0.1, 0.15) is 5.82 Å². The fourth-order valence-corrected chi connectivity index (χ4v) is 5.67. The van der Waals surface area contributed by atoms with Crippen LogP contribution in [0.5, 0.6) is 0 Å². The van der Waals surface area contributed by atoms with Crippen LogP contribution in [-0.2, 0) is 11.2 Å². The molecule has 1 unspecified atom stereocenters. The zero-order valence-electron chi connectivity index (χ0n) is 15.0. The van der Waals surface area contributed by atoms with E-state index in [-0.39, 0.29) is 17.0 Å².